The highest BCUT2D eigenvalue weighted by molar-refractivity contribution is 5.85. The smallest absolute Gasteiger partial charge is 0.328 e. The molecule has 2 rings (SSSR count). The Labute approximate surface area is 118 Å². The van der Waals surface area contributed by atoms with Gasteiger partial charge in [0.05, 0.1) is 4.92 Å². The molecule has 0 fully saturated rings. The van der Waals surface area contributed by atoms with Crippen molar-refractivity contribution in [2.24, 2.45) is 0 Å². The van der Waals surface area contributed by atoms with Crippen LogP contribution in [-0.4, -0.2) is 26.0 Å². The number of carboxylic acids is 1. The quantitative estimate of drug-likeness (QED) is 0.509. The average molecular weight is 287 g/mol. The van der Waals surface area contributed by atoms with E-state index in [4.69, 9.17) is 9.84 Å². The standard InChI is InChI=1S/C13H9N3O5/c17-12(18)6-5-9-7-14-13(15-8-9)21-11-4-2-1-3-10(11)16(19)20/h1-8H,(H,17,18)/b6-5+. The zero-order valence-corrected chi connectivity index (χ0v) is 10.5. The van der Waals surface area contributed by atoms with Gasteiger partial charge in [-0.3, -0.25) is 10.1 Å². The monoisotopic (exact) mass is 287 g/mol. The Balaban J connectivity index is 2.18. The van der Waals surface area contributed by atoms with Crippen molar-refractivity contribution >= 4 is 17.7 Å². The number of nitrogens with zero attached hydrogens (tertiary/aromatic N) is 3. The number of benzene rings is 1. The van der Waals surface area contributed by atoms with Crippen LogP contribution in [0.4, 0.5) is 5.69 Å². The van der Waals surface area contributed by atoms with E-state index in [9.17, 15) is 14.9 Å². The average Bonchev–Trinajstić information content (AvgIpc) is 2.47. The minimum Gasteiger partial charge on any atom is -0.478 e. The maximum Gasteiger partial charge on any atom is 0.328 e. The Morgan fingerprint density at radius 1 is 1.29 bits per heavy atom. The van der Waals surface area contributed by atoms with Gasteiger partial charge in [-0.1, -0.05) is 12.1 Å². The van der Waals surface area contributed by atoms with E-state index < -0.39 is 10.9 Å². The van der Waals surface area contributed by atoms with Crippen LogP contribution >= 0.6 is 0 Å². The number of aromatic nitrogens is 2. The van der Waals surface area contributed by atoms with E-state index in [1.165, 1.54) is 36.7 Å². The largest absolute Gasteiger partial charge is 0.478 e. The molecule has 2 aromatic rings. The summed E-state index contributed by atoms with van der Waals surface area (Å²) < 4.78 is 5.25. The molecule has 0 unspecified atom stereocenters. The van der Waals surface area contributed by atoms with E-state index >= 15 is 0 Å². The fourth-order valence-corrected chi connectivity index (χ4v) is 1.43. The van der Waals surface area contributed by atoms with Gasteiger partial charge >= 0.3 is 17.7 Å². The molecule has 1 N–H and O–H groups in total. The lowest BCUT2D eigenvalue weighted by Crippen LogP contribution is -1.96. The topological polar surface area (TPSA) is 115 Å². The van der Waals surface area contributed by atoms with Crippen molar-refractivity contribution < 1.29 is 19.6 Å². The first-order valence-electron chi connectivity index (χ1n) is 5.70. The first-order valence-corrected chi connectivity index (χ1v) is 5.70. The number of nitro benzene ring substituents is 1. The van der Waals surface area contributed by atoms with E-state index in [1.807, 2.05) is 0 Å². The molecule has 106 valence electrons. The zero-order valence-electron chi connectivity index (χ0n) is 10.5. The number of hydrogen-bond acceptors (Lipinski definition) is 6. The SMILES string of the molecule is O=C(O)/C=C/c1cnc(Oc2ccccc2[N+](=O)[O-])nc1. The second-order valence-corrected chi connectivity index (χ2v) is 3.80. The molecule has 0 saturated heterocycles. The van der Waals surface area contributed by atoms with Gasteiger partial charge in [0, 0.05) is 30.1 Å². The first kappa shape index (κ1) is 14.1. The number of carboxylic acid groups (broad SMARTS) is 1. The number of para-hydroxylation sites is 2. The highest BCUT2D eigenvalue weighted by Gasteiger charge is 2.15. The van der Waals surface area contributed by atoms with Gasteiger partial charge in [0.25, 0.3) is 0 Å². The van der Waals surface area contributed by atoms with Crippen molar-refractivity contribution in [2.75, 3.05) is 0 Å². The van der Waals surface area contributed by atoms with Crippen LogP contribution in [0.15, 0.2) is 42.7 Å². The van der Waals surface area contributed by atoms with Gasteiger partial charge in [-0.25, -0.2) is 14.8 Å². The van der Waals surface area contributed by atoms with E-state index in [0.717, 1.165) is 6.08 Å². The molecule has 0 saturated carbocycles. The molecule has 0 aliphatic rings. The normalized spacial score (nSPS) is 10.5. The van der Waals surface area contributed by atoms with Crippen molar-refractivity contribution in [3.8, 4) is 11.8 Å². The van der Waals surface area contributed by atoms with Gasteiger partial charge in [0.15, 0.2) is 0 Å². The summed E-state index contributed by atoms with van der Waals surface area (Å²) >= 11 is 0. The van der Waals surface area contributed by atoms with Crippen molar-refractivity contribution in [1.29, 1.82) is 0 Å². The molecular formula is C13H9N3O5. The Morgan fingerprint density at radius 2 is 1.95 bits per heavy atom. The lowest BCUT2D eigenvalue weighted by molar-refractivity contribution is -0.385. The summed E-state index contributed by atoms with van der Waals surface area (Å²) in [5.41, 5.74) is 0.267. The highest BCUT2D eigenvalue weighted by atomic mass is 16.6. The van der Waals surface area contributed by atoms with Crippen LogP contribution in [0, 0.1) is 10.1 Å². The Hall–Kier alpha value is -3.29. The molecule has 21 heavy (non-hydrogen) atoms. The molecule has 0 amide bonds. The second-order valence-electron chi connectivity index (χ2n) is 3.80. The van der Waals surface area contributed by atoms with Gasteiger partial charge in [0.2, 0.25) is 5.75 Å². The molecule has 0 aliphatic heterocycles. The minimum atomic E-state index is -1.09. The molecule has 0 radical (unpaired) electrons. The summed E-state index contributed by atoms with van der Waals surface area (Å²) in [5, 5.41) is 19.3. The summed E-state index contributed by atoms with van der Waals surface area (Å²) in [6, 6.07) is 5.77. The van der Waals surface area contributed by atoms with E-state index in [0.29, 0.717) is 5.56 Å². The number of nitro groups is 1. The van der Waals surface area contributed by atoms with Crippen LogP contribution < -0.4 is 4.74 Å². The summed E-state index contributed by atoms with van der Waals surface area (Å²) in [4.78, 5) is 28.3. The van der Waals surface area contributed by atoms with Crippen LogP contribution in [0.1, 0.15) is 5.56 Å². The Kier molecular flexibility index (Phi) is 4.20. The number of hydrogen-bond donors (Lipinski definition) is 1. The van der Waals surface area contributed by atoms with Crippen molar-refractivity contribution in [2.45, 2.75) is 0 Å². The second kappa shape index (κ2) is 6.24. The lowest BCUT2D eigenvalue weighted by atomic mass is 10.3. The predicted octanol–water partition coefficient (Wildman–Crippen LogP) is 2.27. The number of ether oxygens (including phenoxy) is 1. The fraction of sp³-hybridized carbons (Fsp3) is 0. The van der Waals surface area contributed by atoms with Crippen molar-refractivity contribution in [3.05, 3.63) is 58.4 Å². The van der Waals surface area contributed by atoms with Crippen LogP contribution in [-0.2, 0) is 4.79 Å². The summed E-state index contributed by atoms with van der Waals surface area (Å²) in [6.07, 6.45) is 4.95. The molecule has 0 spiro atoms. The maximum absolute atomic E-state index is 10.8. The third kappa shape index (κ3) is 3.83. The van der Waals surface area contributed by atoms with E-state index in [1.54, 1.807) is 6.07 Å². The van der Waals surface area contributed by atoms with Gasteiger partial charge in [-0.05, 0) is 12.1 Å². The van der Waals surface area contributed by atoms with Gasteiger partial charge in [-0.15, -0.1) is 0 Å². The van der Waals surface area contributed by atoms with E-state index in [-0.39, 0.29) is 17.4 Å². The molecular weight excluding hydrogens is 278 g/mol. The highest BCUT2D eigenvalue weighted by Crippen LogP contribution is 2.28. The number of carbonyl (C=O) groups is 1. The number of rotatable bonds is 5. The zero-order chi connectivity index (χ0) is 15.2. The minimum absolute atomic E-state index is 0.0244. The van der Waals surface area contributed by atoms with Crippen LogP contribution in [0.2, 0.25) is 0 Å². The Morgan fingerprint density at radius 3 is 2.57 bits per heavy atom. The fourth-order valence-electron chi connectivity index (χ4n) is 1.43. The maximum atomic E-state index is 10.8. The van der Waals surface area contributed by atoms with Crippen LogP contribution in [0.25, 0.3) is 6.08 Å². The Bertz CT molecular complexity index is 697. The molecule has 1 heterocycles. The van der Waals surface area contributed by atoms with Crippen LogP contribution in [0.3, 0.4) is 0 Å². The van der Waals surface area contributed by atoms with Gasteiger partial charge in [-0.2, -0.15) is 0 Å². The summed E-state index contributed by atoms with van der Waals surface area (Å²) in [5.74, 6) is -1.06. The molecule has 1 aromatic carbocycles. The first-order chi connectivity index (χ1) is 10.1. The molecule has 0 bridgehead atoms. The molecule has 8 nitrogen and oxygen atoms in total. The van der Waals surface area contributed by atoms with Gasteiger partial charge < -0.3 is 9.84 Å². The van der Waals surface area contributed by atoms with E-state index in [2.05, 4.69) is 9.97 Å². The molecule has 8 heteroatoms. The molecule has 0 atom stereocenters. The molecule has 1 aromatic heterocycles. The lowest BCUT2D eigenvalue weighted by Gasteiger charge is -2.03. The van der Waals surface area contributed by atoms with Gasteiger partial charge in [0.1, 0.15) is 0 Å². The number of aliphatic carboxylic acids is 1. The third-order valence-electron chi connectivity index (χ3n) is 2.33. The van der Waals surface area contributed by atoms with Crippen LogP contribution in [0.5, 0.6) is 11.8 Å². The third-order valence-corrected chi connectivity index (χ3v) is 2.33. The summed E-state index contributed by atoms with van der Waals surface area (Å²) in [7, 11) is 0. The van der Waals surface area contributed by atoms with Crippen molar-refractivity contribution in [1.82, 2.24) is 9.97 Å². The molecule has 0 aliphatic carbocycles. The van der Waals surface area contributed by atoms with Crippen molar-refractivity contribution in [3.63, 3.8) is 0 Å². The summed E-state index contributed by atoms with van der Waals surface area (Å²) in [6.45, 7) is 0. The predicted molar refractivity (Wildman–Crippen MR) is 71.9 cm³/mol.